The first-order valence-corrected chi connectivity index (χ1v) is 8.53. The Bertz CT molecular complexity index is 644. The van der Waals surface area contributed by atoms with E-state index in [0.29, 0.717) is 31.0 Å². The van der Waals surface area contributed by atoms with Gasteiger partial charge in [-0.25, -0.2) is 0 Å². The van der Waals surface area contributed by atoms with Crippen molar-refractivity contribution < 1.29 is 9.53 Å². The molecule has 0 saturated heterocycles. The van der Waals surface area contributed by atoms with Gasteiger partial charge in [0.15, 0.2) is 0 Å². The Morgan fingerprint density at radius 3 is 2.58 bits per heavy atom. The van der Waals surface area contributed by atoms with Crippen molar-refractivity contribution in [1.29, 1.82) is 0 Å². The van der Waals surface area contributed by atoms with Gasteiger partial charge in [0.1, 0.15) is 5.75 Å². The maximum atomic E-state index is 12.0. The van der Waals surface area contributed by atoms with Crippen LogP contribution in [0.2, 0.25) is 5.02 Å². The van der Waals surface area contributed by atoms with E-state index in [2.05, 4.69) is 10.6 Å². The highest BCUT2D eigenvalue weighted by atomic mass is 35.5. The van der Waals surface area contributed by atoms with Crippen molar-refractivity contribution in [1.82, 2.24) is 5.32 Å². The van der Waals surface area contributed by atoms with Gasteiger partial charge < -0.3 is 15.4 Å². The van der Waals surface area contributed by atoms with Crippen LogP contribution in [0.25, 0.3) is 0 Å². The fraction of sp³-hybridized carbons (Fsp3) is 0.316. The van der Waals surface area contributed by atoms with E-state index in [0.717, 1.165) is 18.0 Å². The fourth-order valence-corrected chi connectivity index (χ4v) is 2.40. The van der Waals surface area contributed by atoms with Gasteiger partial charge in [-0.15, -0.1) is 0 Å². The van der Waals surface area contributed by atoms with E-state index >= 15 is 0 Å². The molecule has 0 spiro atoms. The summed E-state index contributed by atoms with van der Waals surface area (Å²) in [5, 5.41) is 6.92. The fourth-order valence-electron chi connectivity index (χ4n) is 2.27. The van der Waals surface area contributed by atoms with Crippen molar-refractivity contribution >= 4 is 23.2 Å². The van der Waals surface area contributed by atoms with Crippen molar-refractivity contribution in [2.24, 2.45) is 0 Å². The van der Waals surface area contributed by atoms with Crippen molar-refractivity contribution in [3.05, 3.63) is 59.1 Å². The smallest absolute Gasteiger partial charge is 0.225 e. The van der Waals surface area contributed by atoms with E-state index in [4.69, 9.17) is 16.3 Å². The van der Waals surface area contributed by atoms with E-state index in [-0.39, 0.29) is 5.91 Å². The molecule has 4 nitrogen and oxygen atoms in total. The predicted octanol–water partition coefficient (Wildman–Crippen LogP) is 3.90. The number of ether oxygens (including phenoxy) is 1. The molecule has 128 valence electrons. The van der Waals surface area contributed by atoms with Gasteiger partial charge >= 0.3 is 0 Å². The zero-order valence-corrected chi connectivity index (χ0v) is 14.6. The molecule has 0 fully saturated rings. The highest BCUT2D eigenvalue weighted by molar-refractivity contribution is 6.30. The van der Waals surface area contributed by atoms with Gasteiger partial charge in [0.25, 0.3) is 0 Å². The Labute approximate surface area is 148 Å². The number of carbonyl (C=O) groups excluding carboxylic acids is 1. The van der Waals surface area contributed by atoms with E-state index < -0.39 is 0 Å². The van der Waals surface area contributed by atoms with E-state index in [9.17, 15) is 4.79 Å². The molecule has 2 aromatic carbocycles. The molecule has 5 heteroatoms. The number of para-hydroxylation sites is 2. The monoisotopic (exact) mass is 346 g/mol. The van der Waals surface area contributed by atoms with Crippen LogP contribution >= 0.6 is 11.6 Å². The largest absolute Gasteiger partial charge is 0.492 e. The SMILES string of the molecule is CCOc1ccccc1NC(=O)CCNCCc1ccc(Cl)cc1. The summed E-state index contributed by atoms with van der Waals surface area (Å²) in [4.78, 5) is 12.0. The number of nitrogens with one attached hydrogen (secondary N) is 2. The molecule has 0 aromatic heterocycles. The molecule has 2 N–H and O–H groups in total. The van der Waals surface area contributed by atoms with Crippen molar-refractivity contribution in [3.63, 3.8) is 0 Å². The van der Waals surface area contributed by atoms with Crippen molar-refractivity contribution in [2.75, 3.05) is 25.0 Å². The van der Waals surface area contributed by atoms with Crippen molar-refractivity contribution in [3.8, 4) is 5.75 Å². The zero-order valence-electron chi connectivity index (χ0n) is 13.8. The molecule has 0 aliphatic rings. The second kappa shape index (κ2) is 9.96. The third-order valence-corrected chi connectivity index (χ3v) is 3.75. The predicted molar refractivity (Wildman–Crippen MR) is 98.9 cm³/mol. The lowest BCUT2D eigenvalue weighted by Crippen LogP contribution is -2.23. The lowest BCUT2D eigenvalue weighted by atomic mass is 10.1. The van der Waals surface area contributed by atoms with E-state index in [1.165, 1.54) is 5.56 Å². The molecule has 0 heterocycles. The minimum Gasteiger partial charge on any atom is -0.492 e. The zero-order chi connectivity index (χ0) is 17.2. The Kier molecular flexibility index (Phi) is 7.59. The molecule has 2 aromatic rings. The summed E-state index contributed by atoms with van der Waals surface area (Å²) < 4.78 is 5.50. The normalized spacial score (nSPS) is 10.4. The summed E-state index contributed by atoms with van der Waals surface area (Å²) in [6.07, 6.45) is 1.33. The van der Waals surface area contributed by atoms with Crippen LogP contribution in [0, 0.1) is 0 Å². The lowest BCUT2D eigenvalue weighted by Gasteiger charge is -2.11. The van der Waals surface area contributed by atoms with Gasteiger partial charge in [0, 0.05) is 18.0 Å². The first kappa shape index (κ1) is 18.3. The highest BCUT2D eigenvalue weighted by Gasteiger charge is 2.06. The number of hydrogen-bond donors (Lipinski definition) is 2. The minimum atomic E-state index is -0.0267. The van der Waals surface area contributed by atoms with Crippen LogP contribution in [-0.4, -0.2) is 25.6 Å². The van der Waals surface area contributed by atoms with Crippen LogP contribution < -0.4 is 15.4 Å². The summed E-state index contributed by atoms with van der Waals surface area (Å²) in [6.45, 7) is 3.95. The minimum absolute atomic E-state index is 0.0267. The van der Waals surface area contributed by atoms with Crippen LogP contribution in [0.5, 0.6) is 5.75 Å². The van der Waals surface area contributed by atoms with Gasteiger partial charge in [-0.3, -0.25) is 4.79 Å². The molecule has 2 rings (SSSR count). The first-order chi connectivity index (χ1) is 11.7. The molecular formula is C19H23ClN2O2. The quantitative estimate of drug-likeness (QED) is 0.677. The second-order valence-electron chi connectivity index (χ2n) is 5.35. The Morgan fingerprint density at radius 2 is 1.83 bits per heavy atom. The molecule has 1 amide bonds. The second-order valence-corrected chi connectivity index (χ2v) is 5.79. The average Bonchev–Trinajstić information content (AvgIpc) is 2.58. The highest BCUT2D eigenvalue weighted by Crippen LogP contribution is 2.23. The van der Waals surface area contributed by atoms with Gasteiger partial charge in [-0.1, -0.05) is 35.9 Å². The number of carbonyl (C=O) groups is 1. The average molecular weight is 347 g/mol. The van der Waals surface area contributed by atoms with E-state index in [1.807, 2.05) is 55.5 Å². The molecule has 0 aliphatic heterocycles. The number of rotatable bonds is 9. The van der Waals surface area contributed by atoms with Crippen LogP contribution in [-0.2, 0) is 11.2 Å². The first-order valence-electron chi connectivity index (χ1n) is 8.16. The number of hydrogen-bond acceptors (Lipinski definition) is 3. The molecule has 24 heavy (non-hydrogen) atoms. The third kappa shape index (κ3) is 6.22. The van der Waals surface area contributed by atoms with Gasteiger partial charge in [-0.05, 0) is 49.7 Å². The third-order valence-electron chi connectivity index (χ3n) is 3.49. The number of amides is 1. The summed E-state index contributed by atoms with van der Waals surface area (Å²) in [5.74, 6) is 0.671. The lowest BCUT2D eigenvalue weighted by molar-refractivity contribution is -0.116. The topological polar surface area (TPSA) is 50.4 Å². The molecule has 0 atom stereocenters. The van der Waals surface area contributed by atoms with Crippen LogP contribution in [0.4, 0.5) is 5.69 Å². The van der Waals surface area contributed by atoms with Gasteiger partial charge in [0.05, 0.1) is 12.3 Å². The summed E-state index contributed by atoms with van der Waals surface area (Å²) in [7, 11) is 0. The molecule has 0 saturated carbocycles. The summed E-state index contributed by atoms with van der Waals surface area (Å²) in [5.41, 5.74) is 1.94. The van der Waals surface area contributed by atoms with Crippen LogP contribution in [0.3, 0.4) is 0 Å². The molecule has 0 radical (unpaired) electrons. The van der Waals surface area contributed by atoms with Crippen LogP contribution in [0.15, 0.2) is 48.5 Å². The molecular weight excluding hydrogens is 324 g/mol. The summed E-state index contributed by atoms with van der Waals surface area (Å²) in [6, 6.07) is 15.3. The summed E-state index contributed by atoms with van der Waals surface area (Å²) >= 11 is 5.86. The molecule has 0 bridgehead atoms. The van der Waals surface area contributed by atoms with Gasteiger partial charge in [0.2, 0.25) is 5.91 Å². The maximum Gasteiger partial charge on any atom is 0.225 e. The number of benzene rings is 2. The standard InChI is InChI=1S/C19H23ClN2O2/c1-2-24-18-6-4-3-5-17(18)22-19(23)12-14-21-13-11-15-7-9-16(20)10-8-15/h3-10,21H,2,11-14H2,1H3,(H,22,23). The van der Waals surface area contributed by atoms with Crippen molar-refractivity contribution in [2.45, 2.75) is 19.8 Å². The molecule has 0 unspecified atom stereocenters. The molecule has 0 aliphatic carbocycles. The maximum absolute atomic E-state index is 12.0. The number of anilines is 1. The van der Waals surface area contributed by atoms with Crippen LogP contribution in [0.1, 0.15) is 18.9 Å². The van der Waals surface area contributed by atoms with E-state index in [1.54, 1.807) is 0 Å². The van der Waals surface area contributed by atoms with Gasteiger partial charge in [-0.2, -0.15) is 0 Å². The Hall–Kier alpha value is -2.04. The Balaban J connectivity index is 1.67. The Morgan fingerprint density at radius 1 is 1.08 bits per heavy atom. The number of halogens is 1.